The van der Waals surface area contributed by atoms with Crippen molar-refractivity contribution >= 4 is 5.82 Å². The van der Waals surface area contributed by atoms with Gasteiger partial charge in [-0.1, -0.05) is 0 Å². The molecule has 3 heterocycles. The zero-order valence-corrected chi connectivity index (χ0v) is 13.9. The molecule has 2 aromatic rings. The average Bonchev–Trinajstić information content (AvgIpc) is 3.05. The van der Waals surface area contributed by atoms with E-state index in [-0.39, 0.29) is 23.4 Å². The molecule has 1 atom stereocenters. The van der Waals surface area contributed by atoms with Crippen molar-refractivity contribution in [1.29, 1.82) is 0 Å². The molecule has 1 unspecified atom stereocenters. The van der Waals surface area contributed by atoms with E-state index < -0.39 is 0 Å². The normalized spacial score (nSPS) is 17.7. The van der Waals surface area contributed by atoms with Crippen LogP contribution in [0.5, 0.6) is 0 Å². The lowest BCUT2D eigenvalue weighted by Gasteiger charge is -2.21. The average molecular weight is 330 g/mol. The minimum absolute atomic E-state index is 0.201. The highest BCUT2D eigenvalue weighted by atomic mass is 16.3. The Labute approximate surface area is 139 Å². The summed E-state index contributed by atoms with van der Waals surface area (Å²) in [7, 11) is 4.12. The first-order valence-electron chi connectivity index (χ1n) is 7.97. The number of hydrogen-bond acceptors (Lipinski definition) is 5. The second-order valence-corrected chi connectivity index (χ2v) is 6.31. The Morgan fingerprint density at radius 2 is 2.08 bits per heavy atom. The van der Waals surface area contributed by atoms with Crippen LogP contribution in [0, 0.1) is 0 Å². The number of aliphatic hydroxyl groups excluding tert-OH is 1. The van der Waals surface area contributed by atoms with Gasteiger partial charge in [-0.3, -0.25) is 14.2 Å². The van der Waals surface area contributed by atoms with Gasteiger partial charge in [-0.2, -0.15) is 0 Å². The molecule has 3 rings (SSSR count). The van der Waals surface area contributed by atoms with Gasteiger partial charge in [0.2, 0.25) is 0 Å². The Hall–Kier alpha value is -2.38. The molecule has 0 aliphatic carbocycles. The Morgan fingerprint density at radius 1 is 1.29 bits per heavy atom. The molecule has 0 aromatic carbocycles. The Morgan fingerprint density at radius 3 is 2.67 bits per heavy atom. The first-order valence-corrected chi connectivity index (χ1v) is 7.97. The molecule has 1 fully saturated rings. The number of rotatable bonds is 4. The fourth-order valence-electron chi connectivity index (χ4n) is 3.03. The molecule has 128 valence electrons. The zero-order valence-electron chi connectivity index (χ0n) is 13.9. The number of aromatic nitrogens is 2. The lowest BCUT2D eigenvalue weighted by atomic mass is 10.2. The number of anilines is 1. The van der Waals surface area contributed by atoms with Crippen molar-refractivity contribution in [1.82, 2.24) is 14.5 Å². The molecule has 0 bridgehead atoms. The second-order valence-electron chi connectivity index (χ2n) is 6.31. The number of likely N-dealkylation sites (N-methyl/N-ethyl adjacent to an activating group) is 1. The highest BCUT2D eigenvalue weighted by molar-refractivity contribution is 5.44. The molecule has 1 aliphatic rings. The summed E-state index contributed by atoms with van der Waals surface area (Å²) in [6, 6.07) is 6.92. The second kappa shape index (κ2) is 6.62. The van der Waals surface area contributed by atoms with Gasteiger partial charge in [0, 0.05) is 31.4 Å². The van der Waals surface area contributed by atoms with Gasteiger partial charge in [0.15, 0.2) is 0 Å². The Bertz CT molecular complexity index is 840. The van der Waals surface area contributed by atoms with Crippen LogP contribution in [0.25, 0.3) is 5.69 Å². The van der Waals surface area contributed by atoms with Gasteiger partial charge in [-0.15, -0.1) is 0 Å². The lowest BCUT2D eigenvalue weighted by Crippen LogP contribution is -2.32. The molecule has 2 N–H and O–H groups in total. The topological polar surface area (TPSA) is 81.6 Å². The molecule has 1 aliphatic heterocycles. The van der Waals surface area contributed by atoms with Crippen molar-refractivity contribution in [3.8, 4) is 5.69 Å². The molecule has 24 heavy (non-hydrogen) atoms. The number of aliphatic hydroxyl groups is 1. The summed E-state index contributed by atoms with van der Waals surface area (Å²) in [5.41, 5.74) is 0.154. The molecule has 0 radical (unpaired) electrons. The first-order chi connectivity index (χ1) is 11.5. The van der Waals surface area contributed by atoms with E-state index in [1.165, 1.54) is 16.8 Å². The molecule has 7 nitrogen and oxygen atoms in total. The molecule has 0 saturated carbocycles. The fourth-order valence-corrected chi connectivity index (χ4v) is 3.03. The summed E-state index contributed by atoms with van der Waals surface area (Å²) >= 11 is 0. The number of hydrogen-bond donors (Lipinski definition) is 2. The quantitative estimate of drug-likeness (QED) is 0.834. The van der Waals surface area contributed by atoms with Crippen molar-refractivity contribution in [3.05, 3.63) is 56.7 Å². The van der Waals surface area contributed by atoms with Gasteiger partial charge >= 0.3 is 0 Å². The number of aromatic amines is 1. The highest BCUT2D eigenvalue weighted by Crippen LogP contribution is 2.19. The van der Waals surface area contributed by atoms with Gasteiger partial charge in [0.25, 0.3) is 11.1 Å². The van der Waals surface area contributed by atoms with E-state index in [2.05, 4.69) is 28.9 Å². The minimum Gasteiger partial charge on any atom is -0.392 e. The molecule has 0 amide bonds. The van der Waals surface area contributed by atoms with Crippen molar-refractivity contribution in [2.45, 2.75) is 19.1 Å². The highest BCUT2D eigenvalue weighted by Gasteiger charge is 2.24. The van der Waals surface area contributed by atoms with E-state index >= 15 is 0 Å². The molecule has 2 aromatic heterocycles. The molecular formula is C17H22N4O3. The van der Waals surface area contributed by atoms with Crippen LogP contribution in [0.15, 0.2) is 40.1 Å². The summed E-state index contributed by atoms with van der Waals surface area (Å²) in [5.74, 6) is 0.771. The van der Waals surface area contributed by atoms with Crippen LogP contribution in [0.3, 0.4) is 0 Å². The first kappa shape index (κ1) is 16.5. The molecule has 7 heteroatoms. The Kier molecular flexibility index (Phi) is 4.55. The van der Waals surface area contributed by atoms with Crippen LogP contribution in [-0.4, -0.2) is 52.8 Å². The van der Waals surface area contributed by atoms with Crippen LogP contribution in [0.1, 0.15) is 12.0 Å². The monoisotopic (exact) mass is 330 g/mol. The predicted octanol–water partition coefficient (Wildman–Crippen LogP) is 0.158. The van der Waals surface area contributed by atoms with Crippen molar-refractivity contribution in [2.75, 3.05) is 32.1 Å². The maximum atomic E-state index is 12.4. The van der Waals surface area contributed by atoms with E-state index in [4.69, 9.17) is 5.11 Å². The molecule has 0 spiro atoms. The van der Waals surface area contributed by atoms with Gasteiger partial charge in [0.05, 0.1) is 6.61 Å². The minimum atomic E-state index is -0.339. The standard InChI is InChI=1S/C17H22N4O3/c1-19(2)13-6-7-20(10-13)15-4-3-14(17(24)18-15)21-8-5-12(11-22)9-16(21)23/h3-5,8-9,13,22H,6-7,10-11H2,1-2H3,(H,18,24). The van der Waals surface area contributed by atoms with Crippen LogP contribution in [0.2, 0.25) is 0 Å². The maximum absolute atomic E-state index is 12.4. The van der Waals surface area contributed by atoms with Gasteiger partial charge < -0.3 is 19.9 Å². The lowest BCUT2D eigenvalue weighted by molar-refractivity contribution is 0.281. The molecule has 1 saturated heterocycles. The zero-order chi connectivity index (χ0) is 17.3. The van der Waals surface area contributed by atoms with Crippen molar-refractivity contribution in [3.63, 3.8) is 0 Å². The summed E-state index contributed by atoms with van der Waals surface area (Å²) in [6.07, 6.45) is 2.56. The number of nitrogens with one attached hydrogen (secondary N) is 1. The van der Waals surface area contributed by atoms with E-state index in [9.17, 15) is 9.59 Å². The largest absolute Gasteiger partial charge is 0.392 e. The van der Waals surface area contributed by atoms with Gasteiger partial charge in [0.1, 0.15) is 11.5 Å². The summed E-state index contributed by atoms with van der Waals surface area (Å²) in [4.78, 5) is 31.7. The van der Waals surface area contributed by atoms with Gasteiger partial charge in [-0.05, 0) is 44.3 Å². The van der Waals surface area contributed by atoms with Crippen LogP contribution in [-0.2, 0) is 6.61 Å². The molecular weight excluding hydrogens is 308 g/mol. The predicted molar refractivity (Wildman–Crippen MR) is 92.9 cm³/mol. The van der Waals surface area contributed by atoms with Gasteiger partial charge in [-0.25, -0.2) is 0 Å². The number of H-pyrrole nitrogens is 1. The van der Waals surface area contributed by atoms with Crippen LogP contribution in [0.4, 0.5) is 5.82 Å². The van der Waals surface area contributed by atoms with E-state index in [0.29, 0.717) is 11.6 Å². The van der Waals surface area contributed by atoms with Crippen molar-refractivity contribution < 1.29 is 5.11 Å². The van der Waals surface area contributed by atoms with Crippen LogP contribution < -0.4 is 16.0 Å². The summed E-state index contributed by atoms with van der Waals surface area (Å²) in [5, 5.41) is 9.07. The van der Waals surface area contributed by atoms with Crippen molar-refractivity contribution in [2.24, 2.45) is 0 Å². The number of nitrogens with zero attached hydrogens (tertiary/aromatic N) is 3. The van der Waals surface area contributed by atoms with E-state index in [0.717, 1.165) is 25.3 Å². The Balaban J connectivity index is 1.89. The maximum Gasteiger partial charge on any atom is 0.273 e. The smallest absolute Gasteiger partial charge is 0.273 e. The van der Waals surface area contributed by atoms with E-state index in [1.54, 1.807) is 12.1 Å². The fraction of sp³-hybridized carbons (Fsp3) is 0.412. The third-order valence-electron chi connectivity index (χ3n) is 4.53. The summed E-state index contributed by atoms with van der Waals surface area (Å²) in [6.45, 7) is 1.56. The van der Waals surface area contributed by atoms with Crippen LogP contribution >= 0.6 is 0 Å². The number of pyridine rings is 2. The third kappa shape index (κ3) is 3.13. The third-order valence-corrected chi connectivity index (χ3v) is 4.53. The summed E-state index contributed by atoms with van der Waals surface area (Å²) < 4.78 is 1.29. The van der Waals surface area contributed by atoms with E-state index in [1.807, 2.05) is 6.07 Å². The SMILES string of the molecule is CN(C)C1CCN(c2ccc(-n3ccc(CO)cc3=O)c(=O)[nH]2)C1.